The Hall–Kier alpha value is -2.42. The number of sulfonamides is 1. The van der Waals surface area contributed by atoms with Crippen LogP contribution in [0.5, 0.6) is 0 Å². The number of nitro groups is 1. The Morgan fingerprint density at radius 2 is 1.32 bits per heavy atom. The Balaban J connectivity index is 1.67. The van der Waals surface area contributed by atoms with Crippen molar-refractivity contribution in [1.82, 2.24) is 9.81 Å². The highest BCUT2D eigenvalue weighted by Crippen LogP contribution is 2.41. The summed E-state index contributed by atoms with van der Waals surface area (Å²) in [4.78, 5) is 10.4. The molecule has 10 heteroatoms. The Bertz CT molecular complexity index is 1260. The first kappa shape index (κ1) is 24.7. The van der Waals surface area contributed by atoms with Gasteiger partial charge in [-0.3, -0.25) is 15.2 Å². The van der Waals surface area contributed by atoms with Crippen LogP contribution in [0.25, 0.3) is 0 Å². The maximum Gasteiger partial charge on any atom is 0.289 e. The molecule has 34 heavy (non-hydrogen) atoms. The highest BCUT2D eigenvalue weighted by molar-refractivity contribution is 8.20. The Morgan fingerprint density at radius 3 is 1.88 bits per heavy atom. The molecular weight excluding hydrogens is 489 g/mol. The summed E-state index contributed by atoms with van der Waals surface area (Å²) in [6, 6.07) is 24.5. The summed E-state index contributed by atoms with van der Waals surface area (Å²) in [7, 11) is -4.11. The van der Waals surface area contributed by atoms with E-state index in [-0.39, 0.29) is 10.9 Å². The third-order valence-electron chi connectivity index (χ3n) is 6.01. The van der Waals surface area contributed by atoms with Crippen LogP contribution in [0.15, 0.2) is 89.8 Å². The van der Waals surface area contributed by atoms with Gasteiger partial charge in [0.05, 0.1) is 11.1 Å². The Morgan fingerprint density at radius 1 is 0.824 bits per heavy atom. The molecule has 7 nitrogen and oxygen atoms in total. The fourth-order valence-corrected chi connectivity index (χ4v) is 9.51. The van der Waals surface area contributed by atoms with Gasteiger partial charge in [-0.2, -0.15) is 0 Å². The van der Waals surface area contributed by atoms with Crippen molar-refractivity contribution in [2.75, 3.05) is 0 Å². The first-order valence-electron chi connectivity index (χ1n) is 11.1. The summed E-state index contributed by atoms with van der Waals surface area (Å²) in [6.45, 7) is 0. The molecular formula is C24H26N3O4PS2. The van der Waals surface area contributed by atoms with Gasteiger partial charge in [-0.1, -0.05) is 97.4 Å². The van der Waals surface area contributed by atoms with Crippen molar-refractivity contribution >= 4 is 44.3 Å². The van der Waals surface area contributed by atoms with Crippen LogP contribution in [0, 0.1) is 10.1 Å². The number of nitro benzene ring substituents is 1. The molecule has 3 aromatic rings. The molecule has 0 aromatic heterocycles. The molecule has 1 saturated carbocycles. The predicted molar refractivity (Wildman–Crippen MR) is 139 cm³/mol. The number of hydrogen-bond donors (Lipinski definition) is 2. The second-order valence-electron chi connectivity index (χ2n) is 8.25. The lowest BCUT2D eigenvalue weighted by molar-refractivity contribution is -0.387. The molecule has 2 atom stereocenters. The average molecular weight is 516 g/mol. The zero-order valence-electron chi connectivity index (χ0n) is 18.4. The number of hydrogen-bond acceptors (Lipinski definition) is 5. The topological polar surface area (TPSA) is 101 Å². The maximum atomic E-state index is 13.2. The minimum Gasteiger partial charge on any atom is -0.277 e. The lowest BCUT2D eigenvalue weighted by Gasteiger charge is -2.37. The molecule has 0 amide bonds. The average Bonchev–Trinajstić information content (AvgIpc) is 2.86. The number of benzene rings is 3. The normalized spacial score (nSPS) is 18.9. The van der Waals surface area contributed by atoms with Crippen LogP contribution in [-0.4, -0.2) is 25.4 Å². The monoisotopic (exact) mass is 515 g/mol. The van der Waals surface area contributed by atoms with Gasteiger partial charge in [0.15, 0.2) is 4.90 Å². The molecule has 1 aliphatic carbocycles. The molecule has 4 rings (SSSR count). The van der Waals surface area contributed by atoms with Gasteiger partial charge in [-0.05, 0) is 18.9 Å². The molecule has 0 bridgehead atoms. The maximum absolute atomic E-state index is 13.2. The molecule has 0 radical (unpaired) electrons. The van der Waals surface area contributed by atoms with Gasteiger partial charge in [0.25, 0.3) is 5.69 Å². The van der Waals surface area contributed by atoms with E-state index in [0.29, 0.717) is 6.42 Å². The van der Waals surface area contributed by atoms with E-state index in [1.54, 1.807) is 0 Å². The van der Waals surface area contributed by atoms with E-state index in [9.17, 15) is 18.5 Å². The highest BCUT2D eigenvalue weighted by Gasteiger charge is 2.35. The molecule has 0 heterocycles. The van der Waals surface area contributed by atoms with Gasteiger partial charge >= 0.3 is 0 Å². The smallest absolute Gasteiger partial charge is 0.277 e. The van der Waals surface area contributed by atoms with Crippen molar-refractivity contribution in [1.29, 1.82) is 0 Å². The van der Waals surface area contributed by atoms with Gasteiger partial charge in [0, 0.05) is 28.8 Å². The van der Waals surface area contributed by atoms with Crippen molar-refractivity contribution in [2.24, 2.45) is 0 Å². The number of nitrogens with zero attached hydrogens (tertiary/aromatic N) is 1. The van der Waals surface area contributed by atoms with Gasteiger partial charge in [-0.15, -0.1) is 0 Å². The van der Waals surface area contributed by atoms with E-state index >= 15 is 0 Å². The molecule has 1 fully saturated rings. The van der Waals surface area contributed by atoms with Crippen molar-refractivity contribution in [3.63, 3.8) is 0 Å². The predicted octanol–water partition coefficient (Wildman–Crippen LogP) is 3.82. The van der Waals surface area contributed by atoms with E-state index in [4.69, 9.17) is 11.8 Å². The number of para-hydroxylation sites is 1. The van der Waals surface area contributed by atoms with Crippen LogP contribution in [0.2, 0.25) is 0 Å². The quantitative estimate of drug-likeness (QED) is 0.269. The van der Waals surface area contributed by atoms with E-state index in [1.807, 2.05) is 60.7 Å². The van der Waals surface area contributed by atoms with Crippen LogP contribution < -0.4 is 20.4 Å². The van der Waals surface area contributed by atoms with E-state index in [1.165, 1.54) is 24.3 Å². The van der Waals surface area contributed by atoms with Crippen molar-refractivity contribution in [3.8, 4) is 0 Å². The second kappa shape index (κ2) is 10.5. The fourth-order valence-electron chi connectivity index (χ4n) is 4.33. The van der Waals surface area contributed by atoms with Crippen LogP contribution >= 0.6 is 6.19 Å². The third kappa shape index (κ3) is 5.29. The van der Waals surface area contributed by atoms with Crippen LogP contribution in [0.1, 0.15) is 25.7 Å². The molecule has 0 spiro atoms. The van der Waals surface area contributed by atoms with Crippen LogP contribution in [0.4, 0.5) is 5.69 Å². The lowest BCUT2D eigenvalue weighted by atomic mass is 9.92. The molecule has 0 aliphatic heterocycles. The summed E-state index contributed by atoms with van der Waals surface area (Å²) in [5, 5.41) is 17.1. The van der Waals surface area contributed by atoms with E-state index < -0.39 is 32.9 Å². The van der Waals surface area contributed by atoms with E-state index in [2.05, 4.69) is 9.81 Å². The largest absolute Gasteiger partial charge is 0.289 e. The van der Waals surface area contributed by atoms with Crippen molar-refractivity contribution < 1.29 is 13.3 Å². The summed E-state index contributed by atoms with van der Waals surface area (Å²) in [5.74, 6) is 0. The molecule has 2 N–H and O–H groups in total. The van der Waals surface area contributed by atoms with Crippen molar-refractivity contribution in [2.45, 2.75) is 42.7 Å². The first-order chi connectivity index (χ1) is 16.3. The third-order valence-corrected chi connectivity index (χ3v) is 11.9. The van der Waals surface area contributed by atoms with Crippen LogP contribution in [0.3, 0.4) is 0 Å². The minimum atomic E-state index is -4.11. The summed E-state index contributed by atoms with van der Waals surface area (Å²) in [5.41, 5.74) is -0.436. The highest BCUT2D eigenvalue weighted by atomic mass is 32.4. The van der Waals surface area contributed by atoms with Crippen molar-refractivity contribution in [3.05, 3.63) is 95.0 Å². The minimum absolute atomic E-state index is 0.211. The second-order valence-corrected chi connectivity index (χ2v) is 14.1. The zero-order valence-corrected chi connectivity index (χ0v) is 20.9. The Kier molecular flexibility index (Phi) is 7.60. The molecule has 0 saturated heterocycles. The van der Waals surface area contributed by atoms with Gasteiger partial charge in [-0.25, -0.2) is 13.1 Å². The van der Waals surface area contributed by atoms with E-state index in [0.717, 1.165) is 29.9 Å². The summed E-state index contributed by atoms with van der Waals surface area (Å²) in [6.07, 6.45) is 0.729. The molecule has 1 aliphatic rings. The van der Waals surface area contributed by atoms with Gasteiger partial charge < -0.3 is 0 Å². The molecule has 178 valence electrons. The SMILES string of the molecule is O=[N+]([O-])c1ccccc1S(=O)(=O)N[C@@H]1CCCC[C@H]1NP(=S)(c1ccccc1)c1ccccc1. The standard InChI is InChI=1S/C24H26N3O4PS2/c28-27(29)23-17-9-10-18-24(23)34(30,31)26-22-16-8-7-15-21(22)25-32(33,19-11-3-1-4-12-19)20-13-5-2-6-14-20/h1-6,9-14,17-18,21-22,26H,7-8,15-16H2,(H,25,33)/t21-,22-/m1/s1. The van der Waals surface area contributed by atoms with Gasteiger partial charge in [0.1, 0.15) is 0 Å². The molecule has 3 aromatic carbocycles. The van der Waals surface area contributed by atoms with Crippen LogP contribution in [-0.2, 0) is 21.8 Å². The summed E-state index contributed by atoms with van der Waals surface area (Å²) < 4.78 is 29.2. The molecule has 0 unspecified atom stereocenters. The zero-order chi connectivity index (χ0) is 24.2. The first-order valence-corrected chi connectivity index (χ1v) is 15.3. The summed E-state index contributed by atoms with van der Waals surface area (Å²) >= 11 is 6.29. The van der Waals surface area contributed by atoms with Gasteiger partial charge in [0.2, 0.25) is 10.0 Å². The lowest BCUT2D eigenvalue weighted by Crippen LogP contribution is -2.52. The number of rotatable bonds is 8. The fraction of sp³-hybridized carbons (Fsp3) is 0.250. The number of nitrogens with one attached hydrogen (secondary N) is 2. The Labute approximate surface area is 204 Å².